The molecule has 3 N–H and O–H groups in total. The van der Waals surface area contributed by atoms with Crippen LogP contribution in [0.5, 0.6) is 0 Å². The van der Waals surface area contributed by atoms with Gasteiger partial charge in [0.2, 0.25) is 0 Å². The molecule has 4 aliphatic rings. The van der Waals surface area contributed by atoms with Crippen molar-refractivity contribution in [3.05, 3.63) is 0 Å². The van der Waals surface area contributed by atoms with E-state index in [9.17, 15) is 9.90 Å². The Bertz CT molecular complexity index is 623. The fourth-order valence-corrected chi connectivity index (χ4v) is 8.90. The van der Waals surface area contributed by atoms with Crippen molar-refractivity contribution in [3.8, 4) is 0 Å². The van der Waals surface area contributed by atoms with Gasteiger partial charge in [0.25, 0.3) is 0 Å². The van der Waals surface area contributed by atoms with E-state index in [0.717, 1.165) is 38.5 Å². The van der Waals surface area contributed by atoms with Gasteiger partial charge in [-0.3, -0.25) is 4.79 Å². The predicted octanol–water partition coefficient (Wildman–Crippen LogP) is 3.90. The summed E-state index contributed by atoms with van der Waals surface area (Å²) in [5.41, 5.74) is 6.24. The number of hydrogen-bond acceptors (Lipinski definition) is 4. The Kier molecular flexibility index (Phi) is 4.52. The van der Waals surface area contributed by atoms with Crippen molar-refractivity contribution in [1.82, 2.24) is 0 Å². The Labute approximate surface area is 164 Å². The van der Waals surface area contributed by atoms with Gasteiger partial charge >= 0.3 is 5.97 Å². The Morgan fingerprint density at radius 3 is 2.48 bits per heavy atom. The minimum absolute atomic E-state index is 0.0133. The molecule has 0 aromatic heterocycles. The molecule has 4 rings (SSSR count). The van der Waals surface area contributed by atoms with E-state index in [-0.39, 0.29) is 39.7 Å². The third-order valence-corrected chi connectivity index (χ3v) is 9.93. The Balaban J connectivity index is 1.74. The highest BCUT2D eigenvalue weighted by Gasteiger charge is 2.71. The van der Waals surface area contributed by atoms with Gasteiger partial charge in [0.15, 0.2) is 0 Å². The van der Waals surface area contributed by atoms with Crippen LogP contribution in [0, 0.1) is 39.4 Å². The molecule has 0 aliphatic heterocycles. The lowest BCUT2D eigenvalue weighted by molar-refractivity contribution is -0.191. The average molecular weight is 378 g/mol. The molecule has 27 heavy (non-hydrogen) atoms. The number of carbonyl (C=O) groups excluding carboxylic acids is 1. The van der Waals surface area contributed by atoms with Crippen molar-refractivity contribution >= 4 is 5.97 Å². The van der Waals surface area contributed by atoms with Gasteiger partial charge < -0.3 is 15.6 Å². The monoisotopic (exact) mass is 377 g/mol. The summed E-state index contributed by atoms with van der Waals surface area (Å²) in [6.07, 6.45) is 8.55. The molecule has 1 spiro atoms. The second-order valence-electron chi connectivity index (χ2n) is 11.0. The fourth-order valence-electron chi connectivity index (χ4n) is 8.90. The first-order chi connectivity index (χ1) is 12.7. The molecule has 4 saturated carbocycles. The lowest BCUT2D eigenvalue weighted by atomic mass is 9.39. The smallest absolute Gasteiger partial charge is 0.312 e. The van der Waals surface area contributed by atoms with Gasteiger partial charge in [0, 0.05) is 5.92 Å². The molecular formula is C23H39NO3. The lowest BCUT2D eigenvalue weighted by Crippen LogP contribution is -2.60. The van der Waals surface area contributed by atoms with E-state index in [4.69, 9.17) is 10.5 Å². The zero-order chi connectivity index (χ0) is 19.7. The molecule has 4 fully saturated rings. The Morgan fingerprint density at radius 1 is 1.11 bits per heavy atom. The van der Waals surface area contributed by atoms with Gasteiger partial charge in [-0.25, -0.2) is 0 Å². The lowest BCUT2D eigenvalue weighted by Gasteiger charge is -2.65. The van der Waals surface area contributed by atoms with E-state index < -0.39 is 0 Å². The maximum absolute atomic E-state index is 13.0. The molecule has 2 bridgehead atoms. The zero-order valence-electron chi connectivity index (χ0n) is 17.7. The SMILES string of the molecule is CCOC(=O)[C@]1(C)CCC[C@@]2(C)[C@@H]3CC[C@@]4(C)C[C@]3(CC[C@@H]21)[C@@H](CN)[C@@H]4O. The quantitative estimate of drug-likeness (QED) is 0.732. The summed E-state index contributed by atoms with van der Waals surface area (Å²) < 4.78 is 5.55. The molecule has 154 valence electrons. The number of carbonyl (C=O) groups is 1. The Hall–Kier alpha value is -0.610. The zero-order valence-corrected chi connectivity index (χ0v) is 17.7. The van der Waals surface area contributed by atoms with E-state index in [0.29, 0.717) is 25.0 Å². The normalized spacial score (nSPS) is 54.1. The topological polar surface area (TPSA) is 72.5 Å². The molecule has 0 aromatic carbocycles. The first-order valence-electron chi connectivity index (χ1n) is 11.2. The third-order valence-electron chi connectivity index (χ3n) is 9.93. The Morgan fingerprint density at radius 2 is 1.81 bits per heavy atom. The van der Waals surface area contributed by atoms with Crippen molar-refractivity contribution in [1.29, 1.82) is 0 Å². The van der Waals surface area contributed by atoms with Crippen LogP contribution in [0.3, 0.4) is 0 Å². The minimum Gasteiger partial charge on any atom is -0.466 e. The molecule has 0 unspecified atom stereocenters. The molecular weight excluding hydrogens is 338 g/mol. The van der Waals surface area contributed by atoms with Crippen LogP contribution in [0.2, 0.25) is 0 Å². The van der Waals surface area contributed by atoms with Gasteiger partial charge in [-0.1, -0.05) is 20.3 Å². The summed E-state index contributed by atoms with van der Waals surface area (Å²) in [6.45, 7) is 9.87. The number of hydrogen-bond donors (Lipinski definition) is 2. The van der Waals surface area contributed by atoms with Crippen LogP contribution in [-0.2, 0) is 9.53 Å². The van der Waals surface area contributed by atoms with Crippen LogP contribution < -0.4 is 5.73 Å². The van der Waals surface area contributed by atoms with Crippen LogP contribution in [0.4, 0.5) is 0 Å². The summed E-state index contributed by atoms with van der Waals surface area (Å²) in [5, 5.41) is 11.1. The molecule has 8 atom stereocenters. The predicted molar refractivity (Wildman–Crippen MR) is 106 cm³/mol. The van der Waals surface area contributed by atoms with Crippen molar-refractivity contribution in [3.63, 3.8) is 0 Å². The highest BCUT2D eigenvalue weighted by molar-refractivity contribution is 5.77. The standard InChI is InChI=1S/C23H39NO3/c1-5-27-19(26)22(4)10-6-9-21(3)16(22)8-12-23-14-20(2,11-7-17(21)23)18(25)15(23)13-24/h15-18,25H,5-14,24H2,1-4H3/t15-,16-,17-,18-,20-,21+,22+,23+/m0/s1. The molecule has 0 heterocycles. The minimum atomic E-state index is -0.360. The molecule has 0 amide bonds. The molecule has 0 saturated heterocycles. The van der Waals surface area contributed by atoms with Crippen molar-refractivity contribution in [2.45, 2.75) is 85.2 Å². The van der Waals surface area contributed by atoms with Gasteiger partial charge in [-0.05, 0) is 93.4 Å². The van der Waals surface area contributed by atoms with Gasteiger partial charge in [0.1, 0.15) is 0 Å². The first kappa shape index (κ1) is 19.7. The largest absolute Gasteiger partial charge is 0.466 e. The molecule has 4 nitrogen and oxygen atoms in total. The van der Waals surface area contributed by atoms with E-state index in [1.54, 1.807) is 0 Å². The molecule has 0 aromatic rings. The number of rotatable bonds is 3. The number of esters is 1. The van der Waals surface area contributed by atoms with Crippen molar-refractivity contribution in [2.75, 3.05) is 13.2 Å². The first-order valence-corrected chi connectivity index (χ1v) is 11.2. The highest BCUT2D eigenvalue weighted by atomic mass is 16.5. The van der Waals surface area contributed by atoms with Crippen LogP contribution in [0.25, 0.3) is 0 Å². The van der Waals surface area contributed by atoms with Crippen LogP contribution in [0.15, 0.2) is 0 Å². The molecule has 4 aliphatic carbocycles. The summed E-state index contributed by atoms with van der Waals surface area (Å²) >= 11 is 0. The number of aliphatic hydroxyl groups excluding tert-OH is 1. The van der Waals surface area contributed by atoms with E-state index in [2.05, 4.69) is 20.8 Å². The number of ether oxygens (including phenoxy) is 1. The number of nitrogens with two attached hydrogens (primary N) is 1. The van der Waals surface area contributed by atoms with E-state index in [1.807, 2.05) is 6.92 Å². The van der Waals surface area contributed by atoms with Gasteiger partial charge in [0.05, 0.1) is 18.1 Å². The second kappa shape index (κ2) is 6.19. The summed E-state index contributed by atoms with van der Waals surface area (Å²) in [6, 6.07) is 0. The van der Waals surface area contributed by atoms with Crippen molar-refractivity contribution in [2.24, 2.45) is 45.1 Å². The third kappa shape index (κ3) is 2.38. The summed E-state index contributed by atoms with van der Waals surface area (Å²) in [4.78, 5) is 13.0. The number of fused-ring (bicyclic) bond motifs is 3. The molecule has 4 heteroatoms. The summed E-state index contributed by atoms with van der Waals surface area (Å²) in [5.74, 6) is 1.17. The number of aliphatic hydroxyl groups is 1. The summed E-state index contributed by atoms with van der Waals surface area (Å²) in [7, 11) is 0. The average Bonchev–Trinajstić information content (AvgIpc) is 2.76. The van der Waals surface area contributed by atoms with Crippen LogP contribution in [0.1, 0.15) is 79.1 Å². The van der Waals surface area contributed by atoms with Gasteiger partial charge in [-0.15, -0.1) is 0 Å². The fraction of sp³-hybridized carbons (Fsp3) is 0.957. The van der Waals surface area contributed by atoms with Gasteiger partial charge in [-0.2, -0.15) is 0 Å². The van der Waals surface area contributed by atoms with Crippen molar-refractivity contribution < 1.29 is 14.6 Å². The highest BCUT2D eigenvalue weighted by Crippen LogP contribution is 2.75. The maximum Gasteiger partial charge on any atom is 0.312 e. The van der Waals surface area contributed by atoms with Crippen LogP contribution in [-0.4, -0.2) is 30.3 Å². The van der Waals surface area contributed by atoms with Crippen LogP contribution >= 0.6 is 0 Å². The van der Waals surface area contributed by atoms with E-state index >= 15 is 0 Å². The maximum atomic E-state index is 13.0. The molecule has 0 radical (unpaired) electrons. The van der Waals surface area contributed by atoms with E-state index in [1.165, 1.54) is 12.8 Å². The second-order valence-corrected chi connectivity index (χ2v) is 11.0.